The molecule has 2 rings (SSSR count). The van der Waals surface area contributed by atoms with Gasteiger partial charge in [0, 0.05) is 21.1 Å². The maximum absolute atomic E-state index is 9.49. The first-order valence-electron chi connectivity index (χ1n) is 6.20. The highest BCUT2D eigenvalue weighted by Crippen LogP contribution is 2.22. The molecule has 4 heteroatoms. The normalized spacial score (nSPS) is 13.3. The number of rotatable bonds is 4. The van der Waals surface area contributed by atoms with Crippen molar-refractivity contribution in [1.29, 1.82) is 5.26 Å². The standard InChI is InChI=1S/C16H14Br2N2/c1-16(11-19,10-12-2-4-13(17)5-3-12)20-15-8-6-14(18)7-9-15/h2-9,20H,10H2,1H3. The van der Waals surface area contributed by atoms with Gasteiger partial charge >= 0.3 is 0 Å². The fourth-order valence-corrected chi connectivity index (χ4v) is 2.50. The lowest BCUT2D eigenvalue weighted by molar-refractivity contribution is 0.646. The molecule has 0 aliphatic carbocycles. The minimum Gasteiger partial charge on any atom is -0.367 e. The molecule has 2 aromatic rings. The molecule has 0 bridgehead atoms. The maximum atomic E-state index is 9.49. The van der Waals surface area contributed by atoms with Crippen LogP contribution < -0.4 is 5.32 Å². The molecule has 0 heterocycles. The average Bonchev–Trinajstić information content (AvgIpc) is 2.44. The number of benzene rings is 2. The highest BCUT2D eigenvalue weighted by atomic mass is 79.9. The molecule has 0 saturated carbocycles. The number of nitrogens with zero attached hydrogens (tertiary/aromatic N) is 1. The predicted octanol–water partition coefficient (Wildman–Crippen LogP) is 5.15. The molecular weight excluding hydrogens is 380 g/mol. The van der Waals surface area contributed by atoms with Crippen molar-refractivity contribution in [2.75, 3.05) is 5.32 Å². The Labute approximate surface area is 136 Å². The fourth-order valence-electron chi connectivity index (χ4n) is 1.97. The summed E-state index contributed by atoms with van der Waals surface area (Å²) in [5.74, 6) is 0. The molecule has 2 aromatic carbocycles. The average molecular weight is 394 g/mol. The summed E-state index contributed by atoms with van der Waals surface area (Å²) in [6.45, 7) is 1.91. The van der Waals surface area contributed by atoms with Gasteiger partial charge in [0.15, 0.2) is 0 Å². The molecule has 0 amide bonds. The van der Waals surface area contributed by atoms with E-state index in [9.17, 15) is 5.26 Å². The van der Waals surface area contributed by atoms with Gasteiger partial charge in [-0.3, -0.25) is 0 Å². The number of hydrogen-bond acceptors (Lipinski definition) is 2. The second kappa shape index (κ2) is 6.43. The lowest BCUT2D eigenvalue weighted by Gasteiger charge is -2.24. The topological polar surface area (TPSA) is 35.8 Å². The summed E-state index contributed by atoms with van der Waals surface area (Å²) < 4.78 is 2.07. The summed E-state index contributed by atoms with van der Waals surface area (Å²) in [4.78, 5) is 0. The monoisotopic (exact) mass is 392 g/mol. The third-order valence-corrected chi connectivity index (χ3v) is 4.04. The lowest BCUT2D eigenvalue weighted by atomic mass is 9.94. The van der Waals surface area contributed by atoms with Crippen LogP contribution in [0.2, 0.25) is 0 Å². The zero-order valence-corrected chi connectivity index (χ0v) is 14.2. The molecule has 1 atom stereocenters. The van der Waals surface area contributed by atoms with Gasteiger partial charge < -0.3 is 5.32 Å². The van der Waals surface area contributed by atoms with E-state index >= 15 is 0 Å². The Morgan fingerprint density at radius 1 is 1.00 bits per heavy atom. The van der Waals surface area contributed by atoms with Gasteiger partial charge in [-0.1, -0.05) is 44.0 Å². The summed E-state index contributed by atoms with van der Waals surface area (Å²) in [5.41, 5.74) is 1.43. The van der Waals surface area contributed by atoms with E-state index in [-0.39, 0.29) is 0 Å². The van der Waals surface area contributed by atoms with Crippen LogP contribution in [0.5, 0.6) is 0 Å². The summed E-state index contributed by atoms with van der Waals surface area (Å²) in [7, 11) is 0. The van der Waals surface area contributed by atoms with Crippen LogP contribution in [-0.4, -0.2) is 5.54 Å². The van der Waals surface area contributed by atoms with Crippen LogP contribution >= 0.6 is 31.9 Å². The molecule has 0 radical (unpaired) electrons. The highest BCUT2D eigenvalue weighted by Gasteiger charge is 2.24. The van der Waals surface area contributed by atoms with Gasteiger partial charge in [-0.2, -0.15) is 5.26 Å². The summed E-state index contributed by atoms with van der Waals surface area (Å²) >= 11 is 6.82. The number of nitriles is 1. The van der Waals surface area contributed by atoms with Crippen molar-refractivity contribution >= 4 is 37.5 Å². The fraction of sp³-hybridized carbons (Fsp3) is 0.188. The molecule has 102 valence electrons. The summed E-state index contributed by atoms with van der Waals surface area (Å²) in [6.07, 6.45) is 0.646. The van der Waals surface area contributed by atoms with Crippen molar-refractivity contribution < 1.29 is 0 Å². The second-order valence-electron chi connectivity index (χ2n) is 4.88. The van der Waals surface area contributed by atoms with Crippen LogP contribution in [0.1, 0.15) is 12.5 Å². The van der Waals surface area contributed by atoms with E-state index in [1.54, 1.807) is 0 Å². The van der Waals surface area contributed by atoms with Crippen molar-refractivity contribution in [2.24, 2.45) is 0 Å². The van der Waals surface area contributed by atoms with Crippen molar-refractivity contribution in [3.05, 3.63) is 63.0 Å². The number of anilines is 1. The molecule has 2 nitrogen and oxygen atoms in total. The van der Waals surface area contributed by atoms with Crippen LogP contribution in [-0.2, 0) is 6.42 Å². The van der Waals surface area contributed by atoms with Gasteiger partial charge in [-0.05, 0) is 48.9 Å². The van der Waals surface area contributed by atoms with Crippen molar-refractivity contribution in [2.45, 2.75) is 18.9 Å². The molecule has 0 aromatic heterocycles. The van der Waals surface area contributed by atoms with Crippen molar-refractivity contribution in [3.8, 4) is 6.07 Å². The Hall–Kier alpha value is -1.31. The first-order valence-corrected chi connectivity index (χ1v) is 7.79. The molecule has 0 saturated heterocycles. The Balaban J connectivity index is 2.14. The predicted molar refractivity (Wildman–Crippen MR) is 89.6 cm³/mol. The zero-order chi connectivity index (χ0) is 14.6. The largest absolute Gasteiger partial charge is 0.367 e. The number of hydrogen-bond donors (Lipinski definition) is 1. The molecular formula is C16H14Br2N2. The van der Waals surface area contributed by atoms with Gasteiger partial charge in [0.25, 0.3) is 0 Å². The zero-order valence-electron chi connectivity index (χ0n) is 11.0. The Morgan fingerprint density at radius 2 is 1.50 bits per heavy atom. The van der Waals surface area contributed by atoms with Gasteiger partial charge in [-0.25, -0.2) is 0 Å². The third-order valence-electron chi connectivity index (χ3n) is 2.98. The van der Waals surface area contributed by atoms with Crippen LogP contribution in [0, 0.1) is 11.3 Å². The smallest absolute Gasteiger partial charge is 0.126 e. The highest BCUT2D eigenvalue weighted by molar-refractivity contribution is 9.10. The van der Waals surface area contributed by atoms with E-state index in [4.69, 9.17) is 0 Å². The van der Waals surface area contributed by atoms with Gasteiger partial charge in [-0.15, -0.1) is 0 Å². The van der Waals surface area contributed by atoms with Crippen LogP contribution in [0.4, 0.5) is 5.69 Å². The minimum absolute atomic E-state index is 0.637. The van der Waals surface area contributed by atoms with E-state index in [0.717, 1.165) is 20.2 Å². The molecule has 20 heavy (non-hydrogen) atoms. The molecule has 1 N–H and O–H groups in total. The van der Waals surface area contributed by atoms with Crippen molar-refractivity contribution in [1.82, 2.24) is 0 Å². The first kappa shape index (κ1) is 15.1. The Bertz CT molecular complexity index is 565. The van der Waals surface area contributed by atoms with Gasteiger partial charge in [0.2, 0.25) is 0 Å². The van der Waals surface area contributed by atoms with E-state index in [2.05, 4.69) is 43.2 Å². The van der Waals surface area contributed by atoms with Crippen LogP contribution in [0.25, 0.3) is 0 Å². The maximum Gasteiger partial charge on any atom is 0.126 e. The van der Waals surface area contributed by atoms with Gasteiger partial charge in [0.05, 0.1) is 6.07 Å². The molecule has 0 spiro atoms. The van der Waals surface area contributed by atoms with E-state index in [1.165, 1.54) is 0 Å². The van der Waals surface area contributed by atoms with Gasteiger partial charge in [0.1, 0.15) is 5.54 Å². The molecule has 0 aliphatic rings. The molecule has 0 fully saturated rings. The quantitative estimate of drug-likeness (QED) is 0.779. The number of halogens is 2. The van der Waals surface area contributed by atoms with Crippen molar-refractivity contribution in [3.63, 3.8) is 0 Å². The SMILES string of the molecule is CC(C#N)(Cc1ccc(Br)cc1)Nc1ccc(Br)cc1. The van der Waals surface area contributed by atoms with E-state index < -0.39 is 5.54 Å². The lowest BCUT2D eigenvalue weighted by Crippen LogP contribution is -2.35. The first-order chi connectivity index (χ1) is 9.50. The number of nitrogens with one attached hydrogen (secondary N) is 1. The second-order valence-corrected chi connectivity index (χ2v) is 6.71. The summed E-state index contributed by atoms with van der Waals surface area (Å²) in [6, 6.07) is 18.3. The van der Waals surface area contributed by atoms with Crippen LogP contribution in [0.3, 0.4) is 0 Å². The Morgan fingerprint density at radius 3 is 2.00 bits per heavy atom. The molecule has 0 aliphatic heterocycles. The van der Waals surface area contributed by atoms with E-state index in [1.807, 2.05) is 55.5 Å². The summed E-state index contributed by atoms with van der Waals surface area (Å²) in [5, 5.41) is 12.8. The van der Waals surface area contributed by atoms with Crippen LogP contribution in [0.15, 0.2) is 57.5 Å². The van der Waals surface area contributed by atoms with E-state index in [0.29, 0.717) is 6.42 Å². The third kappa shape index (κ3) is 4.09. The minimum atomic E-state index is -0.637. The Kier molecular flexibility index (Phi) is 4.85. The molecule has 1 unspecified atom stereocenters.